The molecule has 1 amide bonds. The lowest BCUT2D eigenvalue weighted by Gasteiger charge is -2.07. The zero-order valence-corrected chi connectivity index (χ0v) is 12.4. The van der Waals surface area contributed by atoms with Crippen molar-refractivity contribution in [3.63, 3.8) is 0 Å². The number of carbonyl (C=O) groups is 1. The number of para-hydroxylation sites is 2. The largest absolute Gasteiger partial charge is 0.324 e. The van der Waals surface area contributed by atoms with Gasteiger partial charge in [0.25, 0.3) is 5.91 Å². The molecule has 106 valence electrons. The van der Waals surface area contributed by atoms with Crippen LogP contribution in [-0.4, -0.2) is 21.6 Å². The molecule has 0 fully saturated rings. The van der Waals surface area contributed by atoms with E-state index >= 15 is 0 Å². The van der Waals surface area contributed by atoms with Crippen molar-refractivity contribution >= 4 is 34.7 Å². The predicted molar refractivity (Wildman–Crippen MR) is 86.9 cm³/mol. The molecular weight excluding hydrogens is 282 g/mol. The van der Waals surface area contributed by atoms with Gasteiger partial charge in [0.15, 0.2) is 0 Å². The maximum absolute atomic E-state index is 12.4. The average molecular weight is 297 g/mol. The molecule has 21 heavy (non-hydrogen) atoms. The number of carbonyl (C=O) groups excluding carboxylic acids is 1. The fourth-order valence-corrected chi connectivity index (χ4v) is 2.92. The lowest BCUT2D eigenvalue weighted by Crippen LogP contribution is -2.13. The van der Waals surface area contributed by atoms with Gasteiger partial charge in [0.2, 0.25) is 5.95 Å². The first-order chi connectivity index (χ1) is 10.3. The molecule has 0 saturated carbocycles. The Bertz CT molecular complexity index is 749. The van der Waals surface area contributed by atoms with Crippen molar-refractivity contribution in [3.8, 4) is 0 Å². The van der Waals surface area contributed by atoms with Gasteiger partial charge in [-0.15, -0.1) is 11.8 Å². The Morgan fingerprint density at radius 2 is 1.95 bits per heavy atom. The Balaban J connectivity index is 1.86. The standard InChI is InChI=1S/C16H15N3OS/c1-2-21-14-10-6-3-7-11(14)15(20)19-16-17-12-8-4-5-9-13(12)18-16/h3-10H,2H2,1H3,(H2,17,18,19,20). The molecule has 0 aliphatic heterocycles. The molecule has 5 heteroatoms. The lowest BCUT2D eigenvalue weighted by molar-refractivity contribution is 0.102. The first-order valence-corrected chi connectivity index (χ1v) is 7.74. The van der Waals surface area contributed by atoms with Gasteiger partial charge in [-0.3, -0.25) is 10.1 Å². The van der Waals surface area contributed by atoms with Gasteiger partial charge in [0, 0.05) is 4.90 Å². The Morgan fingerprint density at radius 3 is 2.76 bits per heavy atom. The molecule has 3 rings (SSSR count). The molecule has 0 bridgehead atoms. The minimum Gasteiger partial charge on any atom is -0.324 e. The first-order valence-electron chi connectivity index (χ1n) is 6.76. The number of aromatic amines is 1. The second-order valence-corrected chi connectivity index (χ2v) is 5.79. The summed E-state index contributed by atoms with van der Waals surface area (Å²) in [7, 11) is 0. The molecule has 0 atom stereocenters. The van der Waals surface area contributed by atoms with Gasteiger partial charge in [-0.05, 0) is 30.0 Å². The highest BCUT2D eigenvalue weighted by Crippen LogP contribution is 2.23. The molecule has 2 aromatic carbocycles. The maximum Gasteiger partial charge on any atom is 0.259 e. The molecule has 0 spiro atoms. The van der Waals surface area contributed by atoms with Crippen LogP contribution in [0.15, 0.2) is 53.4 Å². The molecule has 1 heterocycles. The number of anilines is 1. The third-order valence-corrected chi connectivity index (χ3v) is 4.01. The highest BCUT2D eigenvalue weighted by molar-refractivity contribution is 7.99. The monoisotopic (exact) mass is 297 g/mol. The summed E-state index contributed by atoms with van der Waals surface area (Å²) in [6.45, 7) is 2.07. The number of nitrogens with zero attached hydrogens (tertiary/aromatic N) is 1. The molecule has 3 aromatic rings. The van der Waals surface area contributed by atoms with Crippen LogP contribution in [0.5, 0.6) is 0 Å². The topological polar surface area (TPSA) is 57.8 Å². The molecular formula is C16H15N3OS. The summed E-state index contributed by atoms with van der Waals surface area (Å²) in [5.74, 6) is 1.25. The zero-order valence-electron chi connectivity index (χ0n) is 11.6. The van der Waals surface area contributed by atoms with Gasteiger partial charge < -0.3 is 4.98 Å². The second kappa shape index (κ2) is 6.01. The van der Waals surface area contributed by atoms with E-state index in [9.17, 15) is 4.79 Å². The van der Waals surface area contributed by atoms with Crippen LogP contribution in [0.1, 0.15) is 17.3 Å². The quantitative estimate of drug-likeness (QED) is 0.717. The highest BCUT2D eigenvalue weighted by atomic mass is 32.2. The summed E-state index contributed by atoms with van der Waals surface area (Å²) in [5, 5.41) is 2.83. The Morgan fingerprint density at radius 1 is 1.19 bits per heavy atom. The number of benzene rings is 2. The SMILES string of the molecule is CCSc1ccccc1C(=O)Nc1nc2ccccc2[nH]1. The molecule has 0 aliphatic carbocycles. The summed E-state index contributed by atoms with van der Waals surface area (Å²) < 4.78 is 0. The molecule has 0 aliphatic rings. The van der Waals surface area contributed by atoms with Gasteiger partial charge in [-0.25, -0.2) is 4.98 Å². The van der Waals surface area contributed by atoms with E-state index < -0.39 is 0 Å². The maximum atomic E-state index is 12.4. The number of H-pyrrole nitrogens is 1. The number of fused-ring (bicyclic) bond motifs is 1. The van der Waals surface area contributed by atoms with Crippen LogP contribution in [0.25, 0.3) is 11.0 Å². The Kier molecular flexibility index (Phi) is 3.92. The van der Waals surface area contributed by atoms with Crippen molar-refractivity contribution in [1.82, 2.24) is 9.97 Å². The summed E-state index contributed by atoms with van der Waals surface area (Å²) in [5.41, 5.74) is 2.41. The van der Waals surface area contributed by atoms with Crippen molar-refractivity contribution in [1.29, 1.82) is 0 Å². The van der Waals surface area contributed by atoms with Crippen LogP contribution in [0.3, 0.4) is 0 Å². The number of nitrogens with one attached hydrogen (secondary N) is 2. The van der Waals surface area contributed by atoms with E-state index in [1.165, 1.54) is 0 Å². The molecule has 0 unspecified atom stereocenters. The van der Waals surface area contributed by atoms with E-state index in [0.29, 0.717) is 11.5 Å². The Hall–Kier alpha value is -2.27. The summed E-state index contributed by atoms with van der Waals surface area (Å²) in [6, 6.07) is 15.3. The molecule has 2 N–H and O–H groups in total. The second-order valence-electron chi connectivity index (χ2n) is 4.49. The summed E-state index contributed by atoms with van der Waals surface area (Å²) in [6.07, 6.45) is 0. The first kappa shape index (κ1) is 13.7. The molecule has 0 radical (unpaired) electrons. The predicted octanol–water partition coefficient (Wildman–Crippen LogP) is 3.93. The zero-order chi connectivity index (χ0) is 14.7. The summed E-state index contributed by atoms with van der Waals surface area (Å²) in [4.78, 5) is 20.8. The van der Waals surface area contributed by atoms with E-state index in [2.05, 4.69) is 22.2 Å². The van der Waals surface area contributed by atoms with Crippen LogP contribution in [0.2, 0.25) is 0 Å². The fourth-order valence-electron chi connectivity index (χ4n) is 2.12. The highest BCUT2D eigenvalue weighted by Gasteiger charge is 2.12. The van der Waals surface area contributed by atoms with Crippen molar-refractivity contribution < 1.29 is 4.79 Å². The smallest absolute Gasteiger partial charge is 0.259 e. The fraction of sp³-hybridized carbons (Fsp3) is 0.125. The minimum atomic E-state index is -0.148. The number of amides is 1. The van der Waals surface area contributed by atoms with E-state index in [-0.39, 0.29) is 5.91 Å². The third-order valence-electron chi connectivity index (χ3n) is 3.05. The van der Waals surface area contributed by atoms with Gasteiger partial charge >= 0.3 is 0 Å². The van der Waals surface area contributed by atoms with Crippen LogP contribution < -0.4 is 5.32 Å². The number of aromatic nitrogens is 2. The van der Waals surface area contributed by atoms with Crippen LogP contribution in [0, 0.1) is 0 Å². The number of hydrogen-bond donors (Lipinski definition) is 2. The van der Waals surface area contributed by atoms with E-state index in [4.69, 9.17) is 0 Å². The minimum absolute atomic E-state index is 0.148. The Labute approximate surface area is 127 Å². The molecule has 1 aromatic heterocycles. The van der Waals surface area contributed by atoms with Gasteiger partial charge in [0.1, 0.15) is 0 Å². The van der Waals surface area contributed by atoms with Gasteiger partial charge in [0.05, 0.1) is 16.6 Å². The summed E-state index contributed by atoms with van der Waals surface area (Å²) >= 11 is 1.65. The van der Waals surface area contributed by atoms with Crippen molar-refractivity contribution in [2.45, 2.75) is 11.8 Å². The van der Waals surface area contributed by atoms with E-state index in [0.717, 1.165) is 21.7 Å². The number of thioether (sulfide) groups is 1. The van der Waals surface area contributed by atoms with Crippen molar-refractivity contribution in [3.05, 3.63) is 54.1 Å². The van der Waals surface area contributed by atoms with Crippen LogP contribution in [0.4, 0.5) is 5.95 Å². The molecule has 4 nitrogen and oxygen atoms in total. The third kappa shape index (κ3) is 2.92. The molecule has 0 saturated heterocycles. The average Bonchev–Trinajstić information content (AvgIpc) is 2.90. The van der Waals surface area contributed by atoms with E-state index in [1.54, 1.807) is 11.8 Å². The van der Waals surface area contributed by atoms with E-state index in [1.807, 2.05) is 48.5 Å². The van der Waals surface area contributed by atoms with Crippen molar-refractivity contribution in [2.75, 3.05) is 11.1 Å². The van der Waals surface area contributed by atoms with Gasteiger partial charge in [-0.2, -0.15) is 0 Å². The van der Waals surface area contributed by atoms with Crippen LogP contribution in [-0.2, 0) is 0 Å². The normalized spacial score (nSPS) is 10.7. The van der Waals surface area contributed by atoms with Crippen LogP contribution >= 0.6 is 11.8 Å². The van der Waals surface area contributed by atoms with Crippen molar-refractivity contribution in [2.24, 2.45) is 0 Å². The number of rotatable bonds is 4. The number of imidazole rings is 1. The van der Waals surface area contributed by atoms with Gasteiger partial charge in [-0.1, -0.05) is 31.2 Å². The lowest BCUT2D eigenvalue weighted by atomic mass is 10.2. The number of hydrogen-bond acceptors (Lipinski definition) is 3.